The number of aryl methyl sites for hydroxylation is 2. The lowest BCUT2D eigenvalue weighted by Crippen LogP contribution is -2.24. The van der Waals surface area contributed by atoms with E-state index >= 15 is 0 Å². The molecule has 1 fully saturated rings. The minimum Gasteiger partial charge on any atom is -0.302 e. The Hall–Kier alpha value is -2.33. The fraction of sp³-hybridized carbons (Fsp3) is 0.480. The van der Waals surface area contributed by atoms with Gasteiger partial charge in [-0.3, -0.25) is 9.58 Å². The van der Waals surface area contributed by atoms with Gasteiger partial charge in [0.1, 0.15) is 0 Å². The van der Waals surface area contributed by atoms with Gasteiger partial charge < -0.3 is 4.57 Å². The third kappa shape index (κ3) is 4.32. The van der Waals surface area contributed by atoms with Crippen molar-refractivity contribution in [3.63, 3.8) is 0 Å². The Kier molecular flexibility index (Phi) is 5.39. The molecule has 1 aromatic carbocycles. The van der Waals surface area contributed by atoms with Crippen LogP contribution in [0, 0.1) is 19.8 Å². The monoisotopic (exact) mass is 390 g/mol. The second-order valence-electron chi connectivity index (χ2n) is 9.65. The van der Waals surface area contributed by atoms with Crippen molar-refractivity contribution in [3.8, 4) is 5.82 Å². The van der Waals surface area contributed by atoms with Crippen molar-refractivity contribution in [3.05, 3.63) is 71.2 Å². The molecular formula is C25H34N4. The third-order valence-electron chi connectivity index (χ3n) is 6.09. The number of nitrogens with zero attached hydrogens (tertiary/aromatic N) is 4. The summed E-state index contributed by atoms with van der Waals surface area (Å²) in [7, 11) is 0. The molecule has 0 spiro atoms. The van der Waals surface area contributed by atoms with Gasteiger partial charge in [-0.05, 0) is 50.4 Å². The van der Waals surface area contributed by atoms with Crippen molar-refractivity contribution >= 4 is 0 Å². The smallest absolute Gasteiger partial charge is 0.159 e. The van der Waals surface area contributed by atoms with Crippen molar-refractivity contribution in [1.82, 2.24) is 19.2 Å². The molecule has 1 unspecified atom stereocenters. The van der Waals surface area contributed by atoms with Crippen molar-refractivity contribution in [2.75, 3.05) is 13.1 Å². The Morgan fingerprint density at radius 3 is 2.34 bits per heavy atom. The van der Waals surface area contributed by atoms with Crippen LogP contribution in [0.4, 0.5) is 0 Å². The normalized spacial score (nSPS) is 17.9. The molecule has 154 valence electrons. The fourth-order valence-corrected chi connectivity index (χ4v) is 4.58. The molecule has 0 amide bonds. The Bertz CT molecular complexity index is 939. The van der Waals surface area contributed by atoms with Gasteiger partial charge in [0.05, 0.1) is 0 Å². The summed E-state index contributed by atoms with van der Waals surface area (Å²) in [6.07, 6.45) is 1.24. The highest BCUT2D eigenvalue weighted by Gasteiger charge is 2.27. The van der Waals surface area contributed by atoms with Crippen molar-refractivity contribution in [1.29, 1.82) is 0 Å². The molecule has 0 saturated carbocycles. The highest BCUT2D eigenvalue weighted by molar-refractivity contribution is 5.34. The van der Waals surface area contributed by atoms with Gasteiger partial charge >= 0.3 is 0 Å². The van der Waals surface area contributed by atoms with E-state index in [1.807, 2.05) is 0 Å². The van der Waals surface area contributed by atoms with Crippen molar-refractivity contribution in [2.45, 2.75) is 59.5 Å². The van der Waals surface area contributed by atoms with Crippen LogP contribution in [0.1, 0.15) is 49.8 Å². The van der Waals surface area contributed by atoms with Gasteiger partial charge in [0.15, 0.2) is 5.82 Å². The van der Waals surface area contributed by atoms with Crippen LogP contribution in [0.2, 0.25) is 0 Å². The van der Waals surface area contributed by atoms with Crippen LogP contribution in [-0.4, -0.2) is 32.3 Å². The molecule has 0 aliphatic carbocycles. The molecule has 4 rings (SSSR count). The number of hydrogen-bond donors (Lipinski definition) is 0. The lowest BCUT2D eigenvalue weighted by Gasteiger charge is -2.22. The summed E-state index contributed by atoms with van der Waals surface area (Å²) in [6, 6.07) is 17.4. The average Bonchev–Trinajstić information content (AvgIpc) is 3.36. The standard InChI is InChI=1S/C25H34N4/c1-19-11-12-20(2)29(19)24-15-23(25(3,4)5)28(26-24)18-22-13-14-27(17-22)16-21-9-7-6-8-10-21/h6-12,15,22H,13-14,16-18H2,1-5H3. The molecule has 1 atom stereocenters. The van der Waals surface area contributed by atoms with Crippen LogP contribution in [0.15, 0.2) is 48.5 Å². The molecule has 2 aromatic heterocycles. The van der Waals surface area contributed by atoms with Crippen LogP contribution >= 0.6 is 0 Å². The summed E-state index contributed by atoms with van der Waals surface area (Å²) in [5.74, 6) is 1.70. The molecule has 3 aromatic rings. The third-order valence-corrected chi connectivity index (χ3v) is 6.09. The van der Waals surface area contributed by atoms with Crippen molar-refractivity contribution in [2.24, 2.45) is 5.92 Å². The quantitative estimate of drug-likeness (QED) is 0.605. The van der Waals surface area contributed by atoms with Gasteiger partial charge in [0.25, 0.3) is 0 Å². The first-order chi connectivity index (χ1) is 13.8. The van der Waals surface area contributed by atoms with E-state index in [0.29, 0.717) is 5.92 Å². The van der Waals surface area contributed by atoms with Crippen LogP contribution in [0.3, 0.4) is 0 Å². The van der Waals surface area contributed by atoms with E-state index in [1.54, 1.807) is 0 Å². The molecule has 0 bridgehead atoms. The minimum atomic E-state index is 0.0720. The van der Waals surface area contributed by atoms with E-state index in [0.717, 1.165) is 25.5 Å². The van der Waals surface area contributed by atoms with Crippen LogP contribution in [0.5, 0.6) is 0 Å². The maximum Gasteiger partial charge on any atom is 0.159 e. The highest BCUT2D eigenvalue weighted by Crippen LogP contribution is 2.28. The van der Waals surface area contributed by atoms with E-state index in [2.05, 4.69) is 97.3 Å². The average molecular weight is 391 g/mol. The molecule has 29 heavy (non-hydrogen) atoms. The molecule has 4 nitrogen and oxygen atoms in total. The maximum absolute atomic E-state index is 5.07. The van der Waals surface area contributed by atoms with Gasteiger partial charge in [0, 0.05) is 48.2 Å². The van der Waals surface area contributed by atoms with Crippen LogP contribution < -0.4 is 0 Å². The Balaban J connectivity index is 1.52. The topological polar surface area (TPSA) is 26.0 Å². The zero-order valence-electron chi connectivity index (χ0n) is 18.5. The number of rotatable bonds is 5. The van der Waals surface area contributed by atoms with Crippen LogP contribution in [-0.2, 0) is 18.5 Å². The summed E-state index contributed by atoms with van der Waals surface area (Å²) in [5.41, 5.74) is 5.28. The lowest BCUT2D eigenvalue weighted by molar-refractivity contribution is 0.303. The predicted molar refractivity (Wildman–Crippen MR) is 120 cm³/mol. The summed E-state index contributed by atoms with van der Waals surface area (Å²) < 4.78 is 4.55. The molecular weight excluding hydrogens is 356 g/mol. The largest absolute Gasteiger partial charge is 0.302 e. The van der Waals surface area contributed by atoms with Crippen LogP contribution in [0.25, 0.3) is 5.82 Å². The molecule has 3 heterocycles. The summed E-state index contributed by atoms with van der Waals surface area (Å²) >= 11 is 0. The summed E-state index contributed by atoms with van der Waals surface area (Å²) in [4.78, 5) is 2.58. The number of benzene rings is 1. The first-order valence-electron chi connectivity index (χ1n) is 10.8. The SMILES string of the molecule is Cc1ccc(C)n1-c1cc(C(C)(C)C)n(CC2CCN(Cc3ccccc3)C2)n1. The minimum absolute atomic E-state index is 0.0720. The van der Waals surface area contributed by atoms with Gasteiger partial charge in [-0.2, -0.15) is 5.10 Å². The van der Waals surface area contributed by atoms with E-state index < -0.39 is 0 Å². The van der Waals surface area contributed by atoms with Gasteiger partial charge in [-0.15, -0.1) is 0 Å². The number of aromatic nitrogens is 3. The lowest BCUT2D eigenvalue weighted by atomic mass is 9.92. The van der Waals surface area contributed by atoms with Crippen molar-refractivity contribution < 1.29 is 0 Å². The Labute approximate surface area is 175 Å². The van der Waals surface area contributed by atoms with E-state index in [9.17, 15) is 0 Å². The predicted octanol–water partition coefficient (Wildman–Crippen LogP) is 5.11. The second-order valence-corrected chi connectivity index (χ2v) is 9.65. The summed E-state index contributed by atoms with van der Waals surface area (Å²) in [5, 5.41) is 5.07. The van der Waals surface area contributed by atoms with E-state index in [-0.39, 0.29) is 5.41 Å². The first kappa shape index (κ1) is 20.0. The first-order valence-corrected chi connectivity index (χ1v) is 10.8. The Morgan fingerprint density at radius 2 is 1.69 bits per heavy atom. The molecule has 4 heteroatoms. The Morgan fingerprint density at radius 1 is 1.00 bits per heavy atom. The summed E-state index contributed by atoms with van der Waals surface area (Å²) in [6.45, 7) is 15.5. The molecule has 1 aliphatic heterocycles. The number of hydrogen-bond acceptors (Lipinski definition) is 2. The molecule has 1 aliphatic rings. The number of likely N-dealkylation sites (tertiary alicyclic amines) is 1. The van der Waals surface area contributed by atoms with Gasteiger partial charge in [0.2, 0.25) is 0 Å². The van der Waals surface area contributed by atoms with Gasteiger partial charge in [-0.25, -0.2) is 0 Å². The zero-order valence-corrected chi connectivity index (χ0v) is 18.5. The highest BCUT2D eigenvalue weighted by atomic mass is 15.3. The molecule has 0 N–H and O–H groups in total. The fourth-order valence-electron chi connectivity index (χ4n) is 4.58. The molecule has 0 radical (unpaired) electrons. The second kappa shape index (κ2) is 7.83. The van der Waals surface area contributed by atoms with E-state index in [1.165, 1.54) is 35.6 Å². The zero-order chi connectivity index (χ0) is 20.6. The van der Waals surface area contributed by atoms with E-state index in [4.69, 9.17) is 5.10 Å². The maximum atomic E-state index is 5.07. The van der Waals surface area contributed by atoms with Gasteiger partial charge in [-0.1, -0.05) is 51.1 Å². The molecule has 1 saturated heterocycles.